The van der Waals surface area contributed by atoms with E-state index in [0.29, 0.717) is 6.42 Å². The van der Waals surface area contributed by atoms with Crippen LogP contribution in [0.3, 0.4) is 0 Å². The Hall–Kier alpha value is -5.54. The Kier molecular flexibility index (Phi) is 8.26. The fourth-order valence-corrected chi connectivity index (χ4v) is 6.77. The van der Waals surface area contributed by atoms with Gasteiger partial charge in [0, 0.05) is 36.4 Å². The summed E-state index contributed by atoms with van der Waals surface area (Å²) in [4.78, 5) is 34.8. The van der Waals surface area contributed by atoms with Gasteiger partial charge in [0.05, 0.1) is 43.1 Å². The molecule has 0 radical (unpaired) electrons. The predicted octanol–water partition coefficient (Wildman–Crippen LogP) is 7.17. The number of hydrogen-bond donors (Lipinski definition) is 2. The van der Waals surface area contributed by atoms with E-state index in [9.17, 15) is 4.79 Å². The molecule has 240 valence electrons. The van der Waals surface area contributed by atoms with Crippen LogP contribution in [-0.2, 0) is 16.0 Å². The lowest BCUT2D eigenvalue weighted by Gasteiger charge is -2.28. The first-order valence-corrected chi connectivity index (χ1v) is 16.6. The van der Waals surface area contributed by atoms with Gasteiger partial charge in [-0.25, -0.2) is 15.0 Å². The van der Waals surface area contributed by atoms with Gasteiger partial charge in [-0.15, -0.1) is 0 Å². The predicted molar refractivity (Wildman–Crippen MR) is 189 cm³/mol. The van der Waals surface area contributed by atoms with Crippen LogP contribution >= 0.6 is 0 Å². The maximum Gasteiger partial charge on any atom is 0.227 e. The highest BCUT2D eigenvalue weighted by Gasteiger charge is 2.32. The number of aromatic nitrogens is 4. The summed E-state index contributed by atoms with van der Waals surface area (Å²) in [6, 6.07) is 33.1. The Balaban J connectivity index is 0.976. The van der Waals surface area contributed by atoms with Gasteiger partial charge in [-0.3, -0.25) is 4.79 Å². The van der Waals surface area contributed by atoms with Gasteiger partial charge in [0.15, 0.2) is 0 Å². The molecule has 0 saturated carbocycles. The molecule has 8 rings (SSSR count). The van der Waals surface area contributed by atoms with Crippen LogP contribution in [0, 0.1) is 0 Å². The van der Waals surface area contributed by atoms with E-state index in [-0.39, 0.29) is 11.9 Å². The molecule has 2 saturated heterocycles. The topological polar surface area (TPSA) is 99.3 Å². The van der Waals surface area contributed by atoms with E-state index in [1.807, 2.05) is 47.5 Å². The quantitative estimate of drug-likeness (QED) is 0.183. The van der Waals surface area contributed by atoms with Crippen molar-refractivity contribution < 1.29 is 9.53 Å². The number of imidazole rings is 1. The molecule has 2 aromatic heterocycles. The van der Waals surface area contributed by atoms with Crippen molar-refractivity contribution in [1.82, 2.24) is 24.8 Å². The third-order valence-electron chi connectivity index (χ3n) is 9.35. The SMILES string of the molecule is O=C(Cc1ccccc1)N1CCC[C@H]1c1ncc(-c2ccc(-c3ccc4ncnc(Nc5ccc(N6CCOCC6)cc5)c4c3)cc2)[nH]1. The van der Waals surface area contributed by atoms with Gasteiger partial charge in [-0.2, -0.15) is 0 Å². The van der Waals surface area contributed by atoms with Gasteiger partial charge < -0.3 is 24.8 Å². The Morgan fingerprint density at radius 3 is 2.42 bits per heavy atom. The van der Waals surface area contributed by atoms with Crippen LogP contribution in [-0.4, -0.2) is 63.6 Å². The number of anilines is 3. The molecule has 2 fully saturated rings. The number of carbonyl (C=O) groups is 1. The van der Waals surface area contributed by atoms with Crippen molar-refractivity contribution in [2.24, 2.45) is 0 Å². The number of benzene rings is 4. The van der Waals surface area contributed by atoms with Gasteiger partial charge in [-0.05, 0) is 71.5 Å². The van der Waals surface area contributed by atoms with E-state index in [2.05, 4.69) is 85.8 Å². The maximum absolute atomic E-state index is 13.2. The fraction of sp³-hybridized carbons (Fsp3) is 0.231. The van der Waals surface area contributed by atoms with Crippen LogP contribution < -0.4 is 10.2 Å². The van der Waals surface area contributed by atoms with E-state index >= 15 is 0 Å². The molecule has 0 bridgehead atoms. The van der Waals surface area contributed by atoms with E-state index in [0.717, 1.165) is 102 Å². The molecule has 4 heterocycles. The largest absolute Gasteiger partial charge is 0.378 e. The number of fused-ring (bicyclic) bond motifs is 1. The molecule has 0 unspecified atom stereocenters. The van der Waals surface area contributed by atoms with E-state index in [4.69, 9.17) is 9.72 Å². The number of hydrogen-bond acceptors (Lipinski definition) is 7. The standard InChI is InChI=1S/C39H37N7O2/c47-37(23-27-5-2-1-3-6-27)46-18-4-7-36(46)39-40-25-35(44-39)29-10-8-28(9-11-29)30-12-17-34-33(24-30)38(42-26-41-34)43-31-13-15-32(16-14-31)45-19-21-48-22-20-45/h1-3,5-6,8-17,24-26,36H,4,7,18-23H2,(H,40,44)(H,41,42,43)/t36-/m0/s1. The maximum atomic E-state index is 13.2. The number of morpholine rings is 1. The molecule has 2 aliphatic heterocycles. The lowest BCUT2D eigenvalue weighted by atomic mass is 10.0. The van der Waals surface area contributed by atoms with Crippen molar-refractivity contribution in [3.63, 3.8) is 0 Å². The second-order valence-electron chi connectivity index (χ2n) is 12.4. The molecule has 9 nitrogen and oxygen atoms in total. The molecular weight excluding hydrogens is 598 g/mol. The van der Waals surface area contributed by atoms with E-state index < -0.39 is 0 Å². The highest BCUT2D eigenvalue weighted by atomic mass is 16.5. The van der Waals surface area contributed by atoms with Gasteiger partial charge in [0.2, 0.25) is 5.91 Å². The number of nitrogens with zero attached hydrogens (tertiary/aromatic N) is 5. The molecular formula is C39H37N7O2. The summed E-state index contributed by atoms with van der Waals surface area (Å²) in [5.41, 5.74) is 8.25. The van der Waals surface area contributed by atoms with Crippen LogP contribution in [0.5, 0.6) is 0 Å². The first kappa shape index (κ1) is 29.8. The second kappa shape index (κ2) is 13.3. The number of aromatic amines is 1. The Bertz CT molecular complexity index is 2020. The first-order valence-electron chi connectivity index (χ1n) is 16.6. The zero-order chi connectivity index (χ0) is 32.3. The summed E-state index contributed by atoms with van der Waals surface area (Å²) in [7, 11) is 0. The van der Waals surface area contributed by atoms with Crippen molar-refractivity contribution in [2.45, 2.75) is 25.3 Å². The molecule has 48 heavy (non-hydrogen) atoms. The molecule has 2 aliphatic rings. The fourth-order valence-electron chi connectivity index (χ4n) is 6.77. The number of ether oxygens (including phenoxy) is 1. The molecule has 9 heteroatoms. The Labute approximate surface area is 279 Å². The average molecular weight is 636 g/mol. The third-order valence-corrected chi connectivity index (χ3v) is 9.35. The zero-order valence-corrected chi connectivity index (χ0v) is 26.7. The number of H-pyrrole nitrogens is 1. The minimum atomic E-state index is -0.0282. The number of nitrogens with one attached hydrogen (secondary N) is 2. The van der Waals surface area contributed by atoms with Crippen LogP contribution in [0.15, 0.2) is 110 Å². The average Bonchev–Trinajstić information content (AvgIpc) is 3.84. The summed E-state index contributed by atoms with van der Waals surface area (Å²) in [5, 5.41) is 4.46. The molecule has 6 aromatic rings. The lowest BCUT2D eigenvalue weighted by molar-refractivity contribution is -0.131. The summed E-state index contributed by atoms with van der Waals surface area (Å²) in [6.07, 6.45) is 5.78. The molecule has 4 aromatic carbocycles. The lowest BCUT2D eigenvalue weighted by Crippen LogP contribution is -2.36. The van der Waals surface area contributed by atoms with Crippen LogP contribution in [0.4, 0.5) is 17.2 Å². The van der Waals surface area contributed by atoms with Gasteiger partial charge >= 0.3 is 0 Å². The van der Waals surface area contributed by atoms with Crippen LogP contribution in [0.2, 0.25) is 0 Å². The Morgan fingerprint density at radius 2 is 1.60 bits per heavy atom. The van der Waals surface area contributed by atoms with Crippen molar-refractivity contribution in [2.75, 3.05) is 43.1 Å². The number of amides is 1. The summed E-state index contributed by atoms with van der Waals surface area (Å²) < 4.78 is 5.49. The summed E-state index contributed by atoms with van der Waals surface area (Å²) >= 11 is 0. The van der Waals surface area contributed by atoms with E-state index in [1.54, 1.807) is 6.33 Å². The third kappa shape index (κ3) is 6.24. The molecule has 0 spiro atoms. The molecule has 1 amide bonds. The smallest absolute Gasteiger partial charge is 0.227 e. The zero-order valence-electron chi connectivity index (χ0n) is 26.7. The highest BCUT2D eigenvalue weighted by Crippen LogP contribution is 2.34. The number of likely N-dealkylation sites (tertiary alicyclic amines) is 1. The molecule has 1 atom stereocenters. The highest BCUT2D eigenvalue weighted by molar-refractivity contribution is 5.94. The molecule has 2 N–H and O–H groups in total. The summed E-state index contributed by atoms with van der Waals surface area (Å²) in [5.74, 6) is 1.76. The van der Waals surface area contributed by atoms with E-state index in [1.165, 1.54) is 5.69 Å². The van der Waals surface area contributed by atoms with Gasteiger partial charge in [-0.1, -0.05) is 60.7 Å². The number of rotatable bonds is 8. The second-order valence-corrected chi connectivity index (χ2v) is 12.4. The van der Waals surface area contributed by atoms with Crippen molar-refractivity contribution in [3.05, 3.63) is 121 Å². The monoisotopic (exact) mass is 635 g/mol. The number of carbonyl (C=O) groups excluding carboxylic acids is 1. The molecule has 0 aliphatic carbocycles. The van der Waals surface area contributed by atoms with Gasteiger partial charge in [0.1, 0.15) is 18.0 Å². The first-order chi connectivity index (χ1) is 23.7. The minimum absolute atomic E-state index is 0.0282. The Morgan fingerprint density at radius 1 is 0.833 bits per heavy atom. The van der Waals surface area contributed by atoms with Gasteiger partial charge in [0.25, 0.3) is 0 Å². The van der Waals surface area contributed by atoms with Crippen molar-refractivity contribution in [1.29, 1.82) is 0 Å². The van der Waals surface area contributed by atoms with Crippen LogP contribution in [0.1, 0.15) is 30.3 Å². The minimum Gasteiger partial charge on any atom is -0.378 e. The van der Waals surface area contributed by atoms with Crippen LogP contribution in [0.25, 0.3) is 33.3 Å². The van der Waals surface area contributed by atoms with Crippen molar-refractivity contribution >= 4 is 34.0 Å². The van der Waals surface area contributed by atoms with Crippen molar-refractivity contribution in [3.8, 4) is 22.4 Å². The summed E-state index contributed by atoms with van der Waals surface area (Å²) in [6.45, 7) is 4.11. The normalized spacial score (nSPS) is 16.4.